The van der Waals surface area contributed by atoms with Crippen molar-refractivity contribution in [2.75, 3.05) is 0 Å². The zero-order chi connectivity index (χ0) is 35.3. The highest BCUT2D eigenvalue weighted by molar-refractivity contribution is 6.22. The van der Waals surface area contributed by atoms with Crippen LogP contribution >= 0.6 is 0 Å². The van der Waals surface area contributed by atoms with Crippen LogP contribution in [0.4, 0.5) is 0 Å². The van der Waals surface area contributed by atoms with Crippen LogP contribution in [0.2, 0.25) is 0 Å². The van der Waals surface area contributed by atoms with Crippen LogP contribution in [0.15, 0.2) is 192 Å². The van der Waals surface area contributed by atoms with Crippen molar-refractivity contribution in [1.29, 1.82) is 0 Å². The Balaban J connectivity index is 1.09. The minimum Gasteiger partial charge on any atom is -0.439 e. The third-order valence-electron chi connectivity index (χ3n) is 11.2. The summed E-state index contributed by atoms with van der Waals surface area (Å²) in [4.78, 5) is 0. The molecule has 0 aliphatic heterocycles. The highest BCUT2D eigenvalue weighted by Gasteiger charge is 2.22. The number of furan rings is 1. The summed E-state index contributed by atoms with van der Waals surface area (Å²) in [6.07, 6.45) is 0. The Morgan fingerprint density at radius 3 is 1.59 bits per heavy atom. The highest BCUT2D eigenvalue weighted by atomic mass is 16.3. The fraction of sp³-hybridized carbons (Fsp3) is 0. The largest absolute Gasteiger partial charge is 0.439 e. The first-order valence-corrected chi connectivity index (χ1v) is 18.4. The van der Waals surface area contributed by atoms with Crippen molar-refractivity contribution < 1.29 is 4.42 Å². The molecule has 8 aromatic carbocycles. The molecule has 4 aromatic heterocycles. The van der Waals surface area contributed by atoms with Crippen LogP contribution in [0.5, 0.6) is 0 Å². The van der Waals surface area contributed by atoms with Gasteiger partial charge in [-0.3, -0.25) is 4.57 Å². The number of fused-ring (bicyclic) bond motifs is 11. The molecule has 54 heavy (non-hydrogen) atoms. The summed E-state index contributed by atoms with van der Waals surface area (Å²) in [5.41, 5.74) is 13.3. The molecule has 0 saturated carbocycles. The van der Waals surface area contributed by atoms with Gasteiger partial charge in [-0.25, -0.2) is 0 Å². The number of hydrogen-bond acceptors (Lipinski definition) is 1. The first kappa shape index (κ1) is 29.3. The van der Waals surface area contributed by atoms with Crippen molar-refractivity contribution in [1.82, 2.24) is 13.7 Å². The lowest BCUT2D eigenvalue weighted by Gasteiger charge is -2.14. The van der Waals surface area contributed by atoms with Crippen LogP contribution in [0.3, 0.4) is 0 Å². The molecule has 0 amide bonds. The number of para-hydroxylation sites is 6. The smallest absolute Gasteiger partial charge is 0.213 e. The second-order valence-corrected chi connectivity index (χ2v) is 14.1. The number of rotatable bonds is 4. The molecule has 0 aliphatic rings. The minimum absolute atomic E-state index is 0.863. The van der Waals surface area contributed by atoms with E-state index in [4.69, 9.17) is 4.42 Å². The van der Waals surface area contributed by atoms with E-state index < -0.39 is 0 Å². The predicted molar refractivity (Wildman–Crippen MR) is 225 cm³/mol. The first-order valence-electron chi connectivity index (χ1n) is 18.4. The second kappa shape index (κ2) is 11.1. The Morgan fingerprint density at radius 1 is 0.333 bits per heavy atom. The Morgan fingerprint density at radius 2 is 0.870 bits per heavy atom. The quantitative estimate of drug-likeness (QED) is 0.181. The Kier molecular flexibility index (Phi) is 6.02. The fourth-order valence-electron chi connectivity index (χ4n) is 8.99. The van der Waals surface area contributed by atoms with Gasteiger partial charge in [-0.2, -0.15) is 0 Å². The van der Waals surface area contributed by atoms with Crippen LogP contribution in [-0.4, -0.2) is 13.7 Å². The molecule has 0 atom stereocenters. The Labute approximate surface area is 309 Å². The molecule has 0 bridgehead atoms. The molecule has 12 aromatic rings. The number of hydrogen-bond donors (Lipinski definition) is 0. The molecule has 4 heteroatoms. The zero-order valence-corrected chi connectivity index (χ0v) is 29.1. The molecular formula is C50H31N3O. The molecular weight excluding hydrogens is 659 g/mol. The molecule has 252 valence electrons. The van der Waals surface area contributed by atoms with E-state index >= 15 is 0 Å². The number of nitrogens with zero attached hydrogens (tertiary/aromatic N) is 3. The lowest BCUT2D eigenvalue weighted by Crippen LogP contribution is -1.97. The Hall–Kier alpha value is -7.30. The fourth-order valence-corrected chi connectivity index (χ4v) is 8.99. The third kappa shape index (κ3) is 4.02. The van der Waals surface area contributed by atoms with E-state index in [1.165, 1.54) is 49.0 Å². The van der Waals surface area contributed by atoms with Gasteiger partial charge in [-0.05, 0) is 72.3 Å². The molecule has 0 unspecified atom stereocenters. The van der Waals surface area contributed by atoms with Crippen LogP contribution in [-0.2, 0) is 0 Å². The summed E-state index contributed by atoms with van der Waals surface area (Å²) in [5, 5.41) is 8.43. The summed E-state index contributed by atoms with van der Waals surface area (Å²) in [6, 6.07) is 67.7. The van der Waals surface area contributed by atoms with Crippen LogP contribution in [0.1, 0.15) is 0 Å². The first-order chi connectivity index (χ1) is 26.8. The lowest BCUT2D eigenvalue weighted by molar-refractivity contribution is 0.645. The topological polar surface area (TPSA) is 27.9 Å². The Bertz CT molecular complexity index is 3390. The average molecular weight is 690 g/mol. The van der Waals surface area contributed by atoms with Crippen molar-refractivity contribution in [2.45, 2.75) is 0 Å². The van der Waals surface area contributed by atoms with Crippen LogP contribution in [0.25, 0.3) is 105 Å². The lowest BCUT2D eigenvalue weighted by atomic mass is 10.0. The molecule has 0 N–H and O–H groups in total. The van der Waals surface area contributed by atoms with Gasteiger partial charge in [0.25, 0.3) is 0 Å². The van der Waals surface area contributed by atoms with Gasteiger partial charge in [0.15, 0.2) is 0 Å². The molecule has 0 fully saturated rings. The minimum atomic E-state index is 0.863. The molecule has 0 spiro atoms. The molecule has 4 heterocycles. The highest BCUT2D eigenvalue weighted by Crippen LogP contribution is 2.43. The molecule has 0 radical (unpaired) electrons. The molecule has 12 rings (SSSR count). The van der Waals surface area contributed by atoms with E-state index in [1.807, 2.05) is 6.07 Å². The summed E-state index contributed by atoms with van der Waals surface area (Å²) in [7, 11) is 0. The molecule has 0 aliphatic carbocycles. The molecule has 0 saturated heterocycles. The van der Waals surface area contributed by atoms with E-state index in [0.717, 1.165) is 55.8 Å². The maximum Gasteiger partial charge on any atom is 0.213 e. The van der Waals surface area contributed by atoms with Crippen molar-refractivity contribution in [3.05, 3.63) is 188 Å². The maximum absolute atomic E-state index is 6.63. The van der Waals surface area contributed by atoms with Crippen molar-refractivity contribution >= 4 is 76.6 Å². The van der Waals surface area contributed by atoms with E-state index in [-0.39, 0.29) is 0 Å². The van der Waals surface area contributed by atoms with Gasteiger partial charge in [0.2, 0.25) is 5.71 Å². The SMILES string of the molecule is c1ccc(-n2c3oc4ccccc4c3c3cccc(-c4cccc(-n5c6ccccc6c6cc(-n7c8ccccc8c8ccccc87)ccc65)c4)c32)cc1. The van der Waals surface area contributed by atoms with Gasteiger partial charge >= 0.3 is 0 Å². The summed E-state index contributed by atoms with van der Waals surface area (Å²) in [6.45, 7) is 0. The summed E-state index contributed by atoms with van der Waals surface area (Å²) in [5.74, 6) is 0. The number of benzene rings is 8. The van der Waals surface area contributed by atoms with Crippen molar-refractivity contribution in [3.8, 4) is 28.2 Å². The van der Waals surface area contributed by atoms with Gasteiger partial charge in [-0.15, -0.1) is 0 Å². The second-order valence-electron chi connectivity index (χ2n) is 14.1. The summed E-state index contributed by atoms with van der Waals surface area (Å²) >= 11 is 0. The monoisotopic (exact) mass is 689 g/mol. The van der Waals surface area contributed by atoms with Crippen molar-refractivity contribution in [2.24, 2.45) is 0 Å². The van der Waals surface area contributed by atoms with Gasteiger partial charge in [0.05, 0.1) is 33.0 Å². The van der Waals surface area contributed by atoms with Crippen LogP contribution in [0, 0.1) is 0 Å². The predicted octanol–water partition coefficient (Wildman–Crippen LogP) is 13.4. The van der Waals surface area contributed by atoms with E-state index in [9.17, 15) is 0 Å². The summed E-state index contributed by atoms with van der Waals surface area (Å²) < 4.78 is 13.7. The maximum atomic E-state index is 6.63. The standard InChI is InChI=1S/C50H31N3O/c1-2-15-33(16-3-1)53-49-36(22-13-23-41(49)48-40-21-7-11-27-47(40)54-50(48)53)32-14-12-17-34(30-32)51-45-26-10-6-20-39(45)42-31-35(28-29-46(42)51)52-43-24-8-4-18-37(43)38-19-5-9-25-44(38)52/h1-31H. The van der Waals surface area contributed by atoms with Gasteiger partial charge in [-0.1, -0.05) is 121 Å². The normalized spacial score (nSPS) is 12.1. The molecule has 4 nitrogen and oxygen atoms in total. The average Bonchev–Trinajstić information content (AvgIpc) is 3.97. The van der Waals surface area contributed by atoms with Crippen molar-refractivity contribution in [3.63, 3.8) is 0 Å². The van der Waals surface area contributed by atoms with Gasteiger partial charge in [0.1, 0.15) is 5.58 Å². The zero-order valence-electron chi connectivity index (χ0n) is 29.1. The van der Waals surface area contributed by atoms with E-state index in [1.54, 1.807) is 0 Å². The van der Waals surface area contributed by atoms with E-state index in [2.05, 4.69) is 196 Å². The van der Waals surface area contributed by atoms with Gasteiger partial charge < -0.3 is 13.6 Å². The number of aromatic nitrogens is 3. The van der Waals surface area contributed by atoms with E-state index in [0.29, 0.717) is 0 Å². The third-order valence-corrected chi connectivity index (χ3v) is 11.2. The van der Waals surface area contributed by atoms with Crippen LogP contribution < -0.4 is 0 Å². The van der Waals surface area contributed by atoms with Gasteiger partial charge in [0, 0.05) is 54.9 Å².